The Bertz CT molecular complexity index is 436. The van der Waals surface area contributed by atoms with Gasteiger partial charge in [-0.3, -0.25) is 4.90 Å². The lowest BCUT2D eigenvalue weighted by molar-refractivity contribution is 0.191. The molecule has 1 aromatic rings. The summed E-state index contributed by atoms with van der Waals surface area (Å²) in [7, 11) is 1.71. The topological polar surface area (TPSA) is 53.6 Å². The van der Waals surface area contributed by atoms with Crippen molar-refractivity contribution in [3.63, 3.8) is 0 Å². The molecule has 1 heterocycles. The van der Waals surface area contributed by atoms with Crippen LogP contribution in [-0.4, -0.2) is 38.9 Å². The van der Waals surface area contributed by atoms with Crippen molar-refractivity contribution in [3.8, 4) is 0 Å². The number of amides is 2. The van der Waals surface area contributed by atoms with E-state index in [-0.39, 0.29) is 6.03 Å². The first-order chi connectivity index (χ1) is 9.20. The maximum absolute atomic E-state index is 11.6. The van der Waals surface area contributed by atoms with E-state index in [0.29, 0.717) is 12.6 Å². The van der Waals surface area contributed by atoms with Crippen molar-refractivity contribution in [2.24, 2.45) is 0 Å². The minimum absolute atomic E-state index is 0.0235. The lowest BCUT2D eigenvalue weighted by Crippen LogP contribution is -2.27. The van der Waals surface area contributed by atoms with Gasteiger partial charge in [0, 0.05) is 44.2 Å². The fraction of sp³-hybridized carbons (Fsp3) is 0.500. The summed E-state index contributed by atoms with van der Waals surface area (Å²) in [5, 5.41) is 6.22. The first-order valence-corrected chi connectivity index (χ1v) is 6.61. The minimum atomic E-state index is -0.0235. The molecule has 0 saturated carbocycles. The number of nitrogens with zero attached hydrogens (tertiary/aromatic N) is 1. The fourth-order valence-corrected chi connectivity index (χ4v) is 2.13. The van der Waals surface area contributed by atoms with Gasteiger partial charge < -0.3 is 15.4 Å². The minimum Gasteiger partial charge on any atom is -0.385 e. The Morgan fingerprint density at radius 2 is 2.37 bits per heavy atom. The van der Waals surface area contributed by atoms with Crippen LogP contribution in [0.1, 0.15) is 13.3 Å². The number of carbonyl (C=O) groups is 1. The van der Waals surface area contributed by atoms with Gasteiger partial charge in [-0.25, -0.2) is 4.79 Å². The fourth-order valence-electron chi connectivity index (χ4n) is 2.13. The molecule has 1 saturated heterocycles. The van der Waals surface area contributed by atoms with Gasteiger partial charge in [0.05, 0.1) is 0 Å². The number of anilines is 2. The molecule has 0 radical (unpaired) electrons. The number of rotatable bonds is 6. The first-order valence-electron chi connectivity index (χ1n) is 6.61. The molecule has 5 nitrogen and oxygen atoms in total. The molecule has 2 N–H and O–H groups in total. The van der Waals surface area contributed by atoms with Crippen molar-refractivity contribution in [1.82, 2.24) is 5.32 Å². The Labute approximate surface area is 113 Å². The van der Waals surface area contributed by atoms with Crippen LogP contribution in [0.5, 0.6) is 0 Å². The van der Waals surface area contributed by atoms with Crippen LogP contribution in [0.25, 0.3) is 0 Å². The summed E-state index contributed by atoms with van der Waals surface area (Å²) in [4.78, 5) is 13.4. The van der Waals surface area contributed by atoms with E-state index in [1.54, 1.807) is 12.0 Å². The summed E-state index contributed by atoms with van der Waals surface area (Å²) in [6.07, 6.45) is 0.949. The molecule has 5 heteroatoms. The average Bonchev–Trinajstić information content (AvgIpc) is 2.83. The molecule has 0 aromatic heterocycles. The van der Waals surface area contributed by atoms with Gasteiger partial charge in [-0.2, -0.15) is 0 Å². The molecule has 0 bridgehead atoms. The second-order valence-electron chi connectivity index (χ2n) is 4.76. The van der Waals surface area contributed by atoms with E-state index in [9.17, 15) is 4.79 Å². The molecule has 1 atom stereocenters. The third-order valence-electron chi connectivity index (χ3n) is 3.18. The van der Waals surface area contributed by atoms with Crippen molar-refractivity contribution in [3.05, 3.63) is 24.3 Å². The number of ether oxygens (including phenoxy) is 1. The van der Waals surface area contributed by atoms with Crippen LogP contribution in [0.3, 0.4) is 0 Å². The van der Waals surface area contributed by atoms with E-state index in [4.69, 9.17) is 4.74 Å². The van der Waals surface area contributed by atoms with Crippen LogP contribution in [0.2, 0.25) is 0 Å². The van der Waals surface area contributed by atoms with Gasteiger partial charge in [0.1, 0.15) is 0 Å². The summed E-state index contributed by atoms with van der Waals surface area (Å²) in [5.74, 6) is 0. The molecular weight excluding hydrogens is 242 g/mol. The maximum Gasteiger partial charge on any atom is 0.321 e. The number of benzene rings is 1. The van der Waals surface area contributed by atoms with Gasteiger partial charge in [-0.15, -0.1) is 0 Å². The highest BCUT2D eigenvalue weighted by Crippen LogP contribution is 2.21. The Balaban J connectivity index is 2.00. The first kappa shape index (κ1) is 13.7. The van der Waals surface area contributed by atoms with E-state index < -0.39 is 0 Å². The van der Waals surface area contributed by atoms with Crippen molar-refractivity contribution >= 4 is 17.4 Å². The van der Waals surface area contributed by atoms with Gasteiger partial charge in [0.2, 0.25) is 0 Å². The summed E-state index contributed by atoms with van der Waals surface area (Å²) in [6, 6.07) is 8.25. The number of methoxy groups -OCH3 is 1. The van der Waals surface area contributed by atoms with Crippen LogP contribution >= 0.6 is 0 Å². The quantitative estimate of drug-likeness (QED) is 0.826. The van der Waals surface area contributed by atoms with E-state index >= 15 is 0 Å². The zero-order valence-corrected chi connectivity index (χ0v) is 11.5. The normalized spacial score (nSPS) is 16.3. The largest absolute Gasteiger partial charge is 0.385 e. The predicted molar refractivity (Wildman–Crippen MR) is 76.8 cm³/mol. The zero-order valence-electron chi connectivity index (χ0n) is 11.5. The predicted octanol–water partition coefficient (Wildman–Crippen LogP) is 2.05. The Hall–Kier alpha value is -1.75. The number of hydrogen-bond donors (Lipinski definition) is 2. The molecule has 2 amide bonds. The molecule has 0 spiro atoms. The highest BCUT2D eigenvalue weighted by atomic mass is 16.5. The van der Waals surface area contributed by atoms with Crippen LogP contribution in [-0.2, 0) is 4.74 Å². The standard InChI is InChI=1S/C14H21N3O2/c1-11(6-9-19-2)16-12-4-3-5-13(10-12)17-8-7-15-14(17)18/h3-5,10-11,16H,6-9H2,1-2H3,(H,15,18). The van der Waals surface area contributed by atoms with Crippen LogP contribution < -0.4 is 15.5 Å². The second-order valence-corrected chi connectivity index (χ2v) is 4.76. The number of urea groups is 1. The third-order valence-corrected chi connectivity index (χ3v) is 3.18. The maximum atomic E-state index is 11.6. The number of nitrogens with one attached hydrogen (secondary N) is 2. The van der Waals surface area contributed by atoms with Crippen molar-refractivity contribution < 1.29 is 9.53 Å². The van der Waals surface area contributed by atoms with Crippen LogP contribution in [0, 0.1) is 0 Å². The Kier molecular flexibility index (Phi) is 4.63. The van der Waals surface area contributed by atoms with E-state index in [0.717, 1.165) is 30.9 Å². The van der Waals surface area contributed by atoms with Crippen LogP contribution in [0.4, 0.5) is 16.2 Å². The van der Waals surface area contributed by atoms with Gasteiger partial charge in [-0.05, 0) is 31.5 Å². The molecule has 1 aliphatic rings. The summed E-state index contributed by atoms with van der Waals surface area (Å²) in [5.41, 5.74) is 1.96. The monoisotopic (exact) mass is 263 g/mol. The highest BCUT2D eigenvalue weighted by molar-refractivity contribution is 5.94. The van der Waals surface area contributed by atoms with E-state index in [2.05, 4.69) is 17.6 Å². The molecule has 19 heavy (non-hydrogen) atoms. The lowest BCUT2D eigenvalue weighted by Gasteiger charge is -2.18. The molecule has 104 valence electrons. The van der Waals surface area contributed by atoms with Crippen molar-refractivity contribution in [2.75, 3.05) is 37.0 Å². The van der Waals surface area contributed by atoms with Gasteiger partial charge in [-0.1, -0.05) is 6.07 Å². The van der Waals surface area contributed by atoms with Gasteiger partial charge in [0.25, 0.3) is 0 Å². The highest BCUT2D eigenvalue weighted by Gasteiger charge is 2.21. The molecule has 1 fully saturated rings. The average molecular weight is 263 g/mol. The molecule has 2 rings (SSSR count). The molecule has 1 aromatic carbocycles. The SMILES string of the molecule is COCCC(C)Nc1cccc(N2CCNC2=O)c1. The lowest BCUT2D eigenvalue weighted by atomic mass is 10.2. The second kappa shape index (κ2) is 6.43. The smallest absolute Gasteiger partial charge is 0.321 e. The van der Waals surface area contributed by atoms with Crippen LogP contribution in [0.15, 0.2) is 24.3 Å². The van der Waals surface area contributed by atoms with Crippen molar-refractivity contribution in [1.29, 1.82) is 0 Å². The van der Waals surface area contributed by atoms with Gasteiger partial charge in [0.15, 0.2) is 0 Å². The van der Waals surface area contributed by atoms with E-state index in [1.807, 2.05) is 24.3 Å². The van der Waals surface area contributed by atoms with E-state index in [1.165, 1.54) is 0 Å². The third kappa shape index (κ3) is 3.61. The molecule has 1 unspecified atom stereocenters. The molecule has 1 aliphatic heterocycles. The Morgan fingerprint density at radius 1 is 1.53 bits per heavy atom. The number of carbonyl (C=O) groups excluding carboxylic acids is 1. The van der Waals surface area contributed by atoms with Gasteiger partial charge >= 0.3 is 6.03 Å². The summed E-state index contributed by atoms with van der Waals surface area (Å²) >= 11 is 0. The summed E-state index contributed by atoms with van der Waals surface area (Å²) < 4.78 is 5.07. The zero-order chi connectivity index (χ0) is 13.7. The summed E-state index contributed by atoms with van der Waals surface area (Å²) in [6.45, 7) is 4.29. The molecule has 0 aliphatic carbocycles. The molecular formula is C14H21N3O2. The van der Waals surface area contributed by atoms with Crippen molar-refractivity contribution in [2.45, 2.75) is 19.4 Å². The number of hydrogen-bond acceptors (Lipinski definition) is 3. The Morgan fingerprint density at radius 3 is 3.05 bits per heavy atom.